The van der Waals surface area contributed by atoms with Gasteiger partial charge in [-0.1, -0.05) is 0 Å². The molecule has 0 unspecified atom stereocenters. The van der Waals surface area contributed by atoms with Gasteiger partial charge in [0.15, 0.2) is 0 Å². The van der Waals surface area contributed by atoms with Crippen LogP contribution < -0.4 is 10.2 Å². The van der Waals surface area contributed by atoms with Crippen molar-refractivity contribution in [3.05, 3.63) is 0 Å². The average molecular weight is 140 g/mol. The van der Waals surface area contributed by atoms with Crippen LogP contribution >= 0.6 is 0 Å². The maximum absolute atomic E-state index is 8.93. The van der Waals surface area contributed by atoms with Crippen molar-refractivity contribution in [2.45, 2.75) is 0 Å². The first-order valence-electron chi connectivity index (χ1n) is 1.07. The molecule has 0 aromatic heterocycles. The topological polar surface area (TPSA) is 80.3 Å². The summed E-state index contributed by atoms with van der Waals surface area (Å²) in [4.78, 5) is 17.9. The molecule has 0 fully saturated rings. The van der Waals surface area contributed by atoms with Crippen molar-refractivity contribution in [3.63, 3.8) is 0 Å². The molecule has 0 N–H and O–H groups in total. The summed E-state index contributed by atoms with van der Waals surface area (Å²) in [5, 5.41) is 17.9. The molecule has 0 aromatic carbocycles. The summed E-state index contributed by atoms with van der Waals surface area (Å²) >= 11 is 0. The summed E-state index contributed by atoms with van der Waals surface area (Å²) in [5.41, 5.74) is 0. The maximum Gasteiger partial charge on any atom is 2.00 e. The first-order valence-corrected chi connectivity index (χ1v) is 1.07. The Kier molecular flexibility index (Phi) is 5.06. The summed E-state index contributed by atoms with van der Waals surface area (Å²) in [6, 6.07) is 0. The van der Waals surface area contributed by atoms with Gasteiger partial charge in [-0.25, -0.2) is 0 Å². The number of carbonyl (C=O) groups is 2. The van der Waals surface area contributed by atoms with E-state index in [2.05, 4.69) is 0 Å². The molecule has 0 amide bonds. The monoisotopic (exact) mass is 140 g/mol. The van der Waals surface area contributed by atoms with Crippen LogP contribution in [0.1, 0.15) is 0 Å². The second-order valence-corrected chi connectivity index (χ2v) is 0.575. The molecule has 0 radical (unpaired) electrons. The van der Waals surface area contributed by atoms with Gasteiger partial charge in [0.25, 0.3) is 0 Å². The predicted molar refractivity (Wildman–Crippen MR) is 10.0 cm³/mol. The first kappa shape index (κ1) is 9.69. The van der Waals surface area contributed by atoms with E-state index in [1.807, 2.05) is 0 Å². The summed E-state index contributed by atoms with van der Waals surface area (Å²) in [6.07, 6.45) is 0. The molecule has 4 nitrogen and oxygen atoms in total. The normalized spacial score (nSPS) is 6.29. The van der Waals surface area contributed by atoms with Crippen LogP contribution in [0.2, 0.25) is 0 Å². The molecule has 0 bridgehead atoms. The number of rotatable bonds is 0. The van der Waals surface area contributed by atoms with E-state index in [4.69, 9.17) is 19.8 Å². The molecule has 7 heavy (non-hydrogen) atoms. The van der Waals surface area contributed by atoms with Crippen LogP contribution in [-0.4, -0.2) is 11.9 Å². The van der Waals surface area contributed by atoms with Crippen molar-refractivity contribution in [3.8, 4) is 0 Å². The molecule has 0 spiro atoms. The van der Waals surface area contributed by atoms with Crippen LogP contribution in [-0.2, 0) is 27.0 Å². The third-order valence-electron chi connectivity index (χ3n) is 0.167. The van der Waals surface area contributed by atoms with Gasteiger partial charge in [-0.15, -0.1) is 0 Å². The van der Waals surface area contributed by atoms with E-state index in [-0.39, 0.29) is 17.4 Å². The number of hydrogen-bond acceptors (Lipinski definition) is 4. The maximum atomic E-state index is 8.93. The SMILES string of the molecule is O=C([O-])C(=O)[O-].[Cr+2]. The summed E-state index contributed by atoms with van der Waals surface area (Å²) in [6.45, 7) is 0. The smallest absolute Gasteiger partial charge is 0.543 e. The van der Waals surface area contributed by atoms with Crippen molar-refractivity contribution < 1.29 is 37.2 Å². The standard InChI is InChI=1S/C2H2O4.Cr/c3-1(4)2(5)6;/h(H,3,4)(H,5,6);/q;+2/p-2. The van der Waals surface area contributed by atoms with Gasteiger partial charge in [0.2, 0.25) is 0 Å². The van der Waals surface area contributed by atoms with Gasteiger partial charge in [-0.3, -0.25) is 0 Å². The van der Waals surface area contributed by atoms with Crippen molar-refractivity contribution in [2.75, 3.05) is 0 Å². The van der Waals surface area contributed by atoms with E-state index in [9.17, 15) is 0 Å². The molecule has 0 rings (SSSR count). The van der Waals surface area contributed by atoms with Crippen LogP contribution in [0.3, 0.4) is 0 Å². The van der Waals surface area contributed by atoms with Crippen molar-refractivity contribution in [1.82, 2.24) is 0 Å². The largest absolute Gasteiger partial charge is 2.00 e. The van der Waals surface area contributed by atoms with Gasteiger partial charge < -0.3 is 19.8 Å². The number of aliphatic carboxylic acids is 2. The second-order valence-electron chi connectivity index (χ2n) is 0.575. The number of hydrogen-bond donors (Lipinski definition) is 0. The molecule has 0 heterocycles. The van der Waals surface area contributed by atoms with Crippen LogP contribution in [0.25, 0.3) is 0 Å². The van der Waals surface area contributed by atoms with Crippen LogP contribution in [0.15, 0.2) is 0 Å². The average Bonchev–Trinajstić information content (AvgIpc) is 1.36. The molecule has 0 atom stereocenters. The molecule has 0 aliphatic rings. The van der Waals surface area contributed by atoms with Crippen LogP contribution in [0.5, 0.6) is 0 Å². The predicted octanol–water partition coefficient (Wildman–Crippen LogP) is -3.52. The van der Waals surface area contributed by atoms with Crippen LogP contribution in [0.4, 0.5) is 0 Å². The molecular weight excluding hydrogens is 140 g/mol. The van der Waals surface area contributed by atoms with E-state index < -0.39 is 11.9 Å². The molecule has 0 aliphatic carbocycles. The summed E-state index contributed by atoms with van der Waals surface area (Å²) < 4.78 is 0. The van der Waals surface area contributed by atoms with E-state index in [1.165, 1.54) is 0 Å². The minimum absolute atomic E-state index is 0. The Morgan fingerprint density at radius 1 is 1.00 bits per heavy atom. The van der Waals surface area contributed by atoms with Gasteiger partial charge in [0.05, 0.1) is 11.9 Å². The molecule has 0 aliphatic heterocycles. The van der Waals surface area contributed by atoms with Gasteiger partial charge >= 0.3 is 17.4 Å². The third kappa shape index (κ3) is 5.47. The Morgan fingerprint density at radius 3 is 1.14 bits per heavy atom. The van der Waals surface area contributed by atoms with Gasteiger partial charge in [-0.2, -0.15) is 0 Å². The minimum Gasteiger partial charge on any atom is -0.543 e. The van der Waals surface area contributed by atoms with Crippen molar-refractivity contribution in [1.29, 1.82) is 0 Å². The van der Waals surface area contributed by atoms with Gasteiger partial charge in [0, 0.05) is 0 Å². The van der Waals surface area contributed by atoms with E-state index in [0.29, 0.717) is 0 Å². The quantitative estimate of drug-likeness (QED) is 0.327. The van der Waals surface area contributed by atoms with E-state index in [1.54, 1.807) is 0 Å². The fraction of sp³-hybridized carbons (Fsp3) is 0. The molecule has 5 heteroatoms. The van der Waals surface area contributed by atoms with Crippen molar-refractivity contribution >= 4 is 11.9 Å². The third-order valence-corrected chi connectivity index (χ3v) is 0.167. The Labute approximate surface area is 49.9 Å². The van der Waals surface area contributed by atoms with Gasteiger partial charge in [-0.05, 0) is 0 Å². The number of carbonyl (C=O) groups excluding carboxylic acids is 2. The molecule has 38 valence electrons. The zero-order valence-corrected chi connectivity index (χ0v) is 4.32. The van der Waals surface area contributed by atoms with Crippen LogP contribution in [0, 0.1) is 0 Å². The summed E-state index contributed by atoms with van der Waals surface area (Å²) in [5.74, 6) is -4.37. The Balaban J connectivity index is 0. The molecule has 0 aromatic rings. The Bertz CT molecular complexity index is 75.7. The number of carboxylic acid groups (broad SMARTS) is 2. The fourth-order valence-corrected chi connectivity index (χ4v) is 0. The zero-order valence-electron chi connectivity index (χ0n) is 3.04. The first-order chi connectivity index (χ1) is 2.64. The molecule has 0 saturated carbocycles. The summed E-state index contributed by atoms with van der Waals surface area (Å²) in [7, 11) is 0. The van der Waals surface area contributed by atoms with Crippen molar-refractivity contribution in [2.24, 2.45) is 0 Å². The van der Waals surface area contributed by atoms with E-state index in [0.717, 1.165) is 0 Å². The fourth-order valence-electron chi connectivity index (χ4n) is 0. The minimum atomic E-state index is -2.19. The van der Waals surface area contributed by atoms with E-state index >= 15 is 0 Å². The molecular formula is C2CrO4. The Hall–Kier alpha value is -0.528. The molecule has 0 saturated heterocycles. The second kappa shape index (κ2) is 3.66. The number of carboxylic acids is 2. The Morgan fingerprint density at radius 2 is 1.14 bits per heavy atom. The zero-order chi connectivity index (χ0) is 5.15. The van der Waals surface area contributed by atoms with Gasteiger partial charge in [0.1, 0.15) is 0 Å².